The second-order valence-corrected chi connectivity index (χ2v) is 10.2. The minimum Gasteiger partial charge on any atom is -0.495 e. The van der Waals surface area contributed by atoms with E-state index in [9.17, 15) is 13.2 Å². The van der Waals surface area contributed by atoms with Crippen molar-refractivity contribution in [2.24, 2.45) is 0 Å². The molecule has 2 aromatic rings. The summed E-state index contributed by atoms with van der Waals surface area (Å²) in [7, 11) is -2.31. The molecule has 7 nitrogen and oxygen atoms in total. The fourth-order valence-corrected chi connectivity index (χ4v) is 5.96. The Balaban J connectivity index is 1.68. The fourth-order valence-electron chi connectivity index (χ4n) is 4.26. The first-order valence-corrected chi connectivity index (χ1v) is 12.4. The molecule has 1 amide bonds. The zero-order valence-electron chi connectivity index (χ0n) is 18.1. The van der Waals surface area contributed by atoms with Crippen LogP contribution in [0, 0.1) is 0 Å². The van der Waals surface area contributed by atoms with Crippen molar-refractivity contribution < 1.29 is 22.4 Å². The fraction of sp³-hybridized carbons (Fsp3) is 0.522. The molecule has 1 atom stereocenters. The minimum atomic E-state index is -3.76. The second kappa shape index (κ2) is 9.04. The summed E-state index contributed by atoms with van der Waals surface area (Å²) in [4.78, 5) is 15.4. The molecule has 1 aliphatic carbocycles. The average Bonchev–Trinajstić information content (AvgIpc) is 3.52. The monoisotopic (exact) mass is 446 g/mol. The maximum atomic E-state index is 13.5. The number of ether oxygens (including phenoxy) is 1. The van der Waals surface area contributed by atoms with Gasteiger partial charge in [0.25, 0.3) is 5.91 Å². The van der Waals surface area contributed by atoms with Crippen LogP contribution < -0.4 is 4.74 Å². The van der Waals surface area contributed by atoms with Crippen LogP contribution >= 0.6 is 0 Å². The molecule has 1 aliphatic heterocycles. The van der Waals surface area contributed by atoms with Crippen LogP contribution in [0.3, 0.4) is 0 Å². The number of amides is 1. The third-order valence-electron chi connectivity index (χ3n) is 6.14. The molecular weight excluding hydrogens is 416 g/mol. The van der Waals surface area contributed by atoms with Crippen molar-refractivity contribution in [1.82, 2.24) is 9.21 Å². The van der Waals surface area contributed by atoms with E-state index < -0.39 is 10.0 Å². The van der Waals surface area contributed by atoms with Gasteiger partial charge in [-0.3, -0.25) is 4.79 Å². The van der Waals surface area contributed by atoms with Crippen LogP contribution in [-0.2, 0) is 10.0 Å². The van der Waals surface area contributed by atoms with E-state index in [2.05, 4.69) is 0 Å². The summed E-state index contributed by atoms with van der Waals surface area (Å²) in [5.41, 5.74) is 0.347. The van der Waals surface area contributed by atoms with Gasteiger partial charge in [0.15, 0.2) is 0 Å². The van der Waals surface area contributed by atoms with Gasteiger partial charge >= 0.3 is 0 Å². The van der Waals surface area contributed by atoms with Crippen molar-refractivity contribution in [2.75, 3.05) is 20.2 Å². The molecule has 1 aromatic carbocycles. The first-order valence-electron chi connectivity index (χ1n) is 11.0. The van der Waals surface area contributed by atoms with Crippen molar-refractivity contribution >= 4 is 15.9 Å². The molecule has 1 saturated heterocycles. The number of hydrogen-bond donors (Lipinski definition) is 0. The number of hydrogen-bond acceptors (Lipinski definition) is 5. The van der Waals surface area contributed by atoms with E-state index >= 15 is 0 Å². The van der Waals surface area contributed by atoms with Crippen LogP contribution in [0.1, 0.15) is 67.6 Å². The lowest BCUT2D eigenvalue weighted by Gasteiger charge is -2.28. The Bertz CT molecular complexity index is 1010. The third-order valence-corrected chi connectivity index (χ3v) is 8.06. The molecule has 0 spiro atoms. The largest absolute Gasteiger partial charge is 0.495 e. The van der Waals surface area contributed by atoms with Gasteiger partial charge in [-0.15, -0.1) is 0 Å². The van der Waals surface area contributed by atoms with Gasteiger partial charge in [0.05, 0.1) is 19.4 Å². The van der Waals surface area contributed by atoms with Gasteiger partial charge in [-0.05, 0) is 62.9 Å². The highest BCUT2D eigenvalue weighted by molar-refractivity contribution is 7.89. The maximum Gasteiger partial charge on any atom is 0.254 e. The Labute approximate surface area is 184 Å². The second-order valence-electron chi connectivity index (χ2n) is 8.32. The van der Waals surface area contributed by atoms with Crippen LogP contribution in [0.4, 0.5) is 0 Å². The summed E-state index contributed by atoms with van der Waals surface area (Å²) in [6.45, 7) is 2.92. The van der Waals surface area contributed by atoms with Gasteiger partial charge in [-0.1, -0.05) is 12.8 Å². The smallest absolute Gasteiger partial charge is 0.254 e. The van der Waals surface area contributed by atoms with Crippen LogP contribution in [0.25, 0.3) is 0 Å². The molecule has 0 N–H and O–H groups in total. The first kappa shape index (κ1) is 21.9. The average molecular weight is 447 g/mol. The highest BCUT2D eigenvalue weighted by Crippen LogP contribution is 2.37. The number of furan rings is 1. The summed E-state index contributed by atoms with van der Waals surface area (Å²) in [6.07, 6.45) is 7.22. The van der Waals surface area contributed by atoms with E-state index in [4.69, 9.17) is 9.15 Å². The standard InChI is InChI=1S/C23H30N2O5S/c1-17(20-8-7-15-30-20)25(19-10-11-19)23(26)18-9-12-21(29-2)22(16-18)31(27,28)24-13-5-3-4-6-14-24/h7-9,12,15-17,19H,3-6,10-11,13-14H2,1-2H3. The Hall–Kier alpha value is -2.32. The van der Waals surface area contributed by atoms with Gasteiger partial charge in [0.1, 0.15) is 16.4 Å². The number of rotatable bonds is 7. The van der Waals surface area contributed by atoms with Crippen molar-refractivity contribution in [2.45, 2.75) is 62.4 Å². The number of sulfonamides is 1. The van der Waals surface area contributed by atoms with E-state index in [0.717, 1.165) is 38.5 Å². The highest BCUT2D eigenvalue weighted by atomic mass is 32.2. The van der Waals surface area contributed by atoms with Gasteiger partial charge in [0, 0.05) is 24.7 Å². The van der Waals surface area contributed by atoms with E-state index in [0.29, 0.717) is 24.4 Å². The van der Waals surface area contributed by atoms with Gasteiger partial charge in [0.2, 0.25) is 10.0 Å². The number of carbonyl (C=O) groups excluding carboxylic acids is 1. The van der Waals surface area contributed by atoms with Crippen molar-refractivity contribution in [3.05, 3.63) is 47.9 Å². The van der Waals surface area contributed by atoms with E-state index in [-0.39, 0.29) is 28.6 Å². The number of benzene rings is 1. The third kappa shape index (κ3) is 4.50. The van der Waals surface area contributed by atoms with Gasteiger partial charge in [-0.2, -0.15) is 4.31 Å². The maximum absolute atomic E-state index is 13.5. The van der Waals surface area contributed by atoms with Gasteiger partial charge < -0.3 is 14.1 Å². The SMILES string of the molecule is COc1ccc(C(=O)N(C2CC2)C(C)c2ccco2)cc1S(=O)(=O)N1CCCCCC1. The van der Waals surface area contributed by atoms with E-state index in [1.54, 1.807) is 24.5 Å². The molecule has 1 aromatic heterocycles. The Morgan fingerprint density at radius 3 is 2.45 bits per heavy atom. The molecule has 4 rings (SSSR count). The number of carbonyl (C=O) groups is 1. The molecule has 168 valence electrons. The van der Waals surface area contributed by atoms with E-state index in [1.165, 1.54) is 17.5 Å². The lowest BCUT2D eigenvalue weighted by atomic mass is 10.1. The Kier molecular flexibility index (Phi) is 6.39. The molecule has 1 saturated carbocycles. The normalized spacial score (nSPS) is 18.9. The number of nitrogens with zero attached hydrogens (tertiary/aromatic N) is 2. The quantitative estimate of drug-likeness (QED) is 0.636. The summed E-state index contributed by atoms with van der Waals surface area (Å²) >= 11 is 0. The summed E-state index contributed by atoms with van der Waals surface area (Å²) in [5, 5.41) is 0. The van der Waals surface area contributed by atoms with Crippen LogP contribution in [0.15, 0.2) is 45.9 Å². The van der Waals surface area contributed by atoms with Crippen LogP contribution in [0.2, 0.25) is 0 Å². The predicted molar refractivity (Wildman–Crippen MR) is 117 cm³/mol. The molecule has 31 heavy (non-hydrogen) atoms. The zero-order valence-corrected chi connectivity index (χ0v) is 18.9. The van der Waals surface area contributed by atoms with E-state index in [1.807, 2.05) is 17.9 Å². The molecule has 1 unspecified atom stereocenters. The Morgan fingerprint density at radius 1 is 1.16 bits per heavy atom. The van der Waals surface area contributed by atoms with Crippen LogP contribution in [0.5, 0.6) is 5.75 Å². The number of methoxy groups -OCH3 is 1. The molecule has 0 bridgehead atoms. The molecule has 2 heterocycles. The van der Waals surface area contributed by atoms with Crippen molar-refractivity contribution in [1.29, 1.82) is 0 Å². The molecular formula is C23H30N2O5S. The van der Waals surface area contributed by atoms with Crippen LogP contribution in [-0.4, -0.2) is 49.8 Å². The zero-order chi connectivity index (χ0) is 22.0. The summed E-state index contributed by atoms with van der Waals surface area (Å²) in [6, 6.07) is 8.28. The van der Waals surface area contributed by atoms with Crippen molar-refractivity contribution in [3.8, 4) is 5.75 Å². The topological polar surface area (TPSA) is 80.1 Å². The van der Waals surface area contributed by atoms with Gasteiger partial charge in [-0.25, -0.2) is 8.42 Å². The summed E-state index contributed by atoms with van der Waals surface area (Å²) in [5.74, 6) is 0.783. The molecule has 0 radical (unpaired) electrons. The minimum absolute atomic E-state index is 0.0594. The first-order chi connectivity index (χ1) is 14.9. The molecule has 2 aliphatic rings. The Morgan fingerprint density at radius 2 is 1.87 bits per heavy atom. The lowest BCUT2D eigenvalue weighted by molar-refractivity contribution is 0.0652. The summed E-state index contributed by atoms with van der Waals surface area (Å²) < 4.78 is 39.3. The molecule has 8 heteroatoms. The molecule has 2 fully saturated rings. The highest BCUT2D eigenvalue weighted by Gasteiger charge is 2.38. The predicted octanol–water partition coefficient (Wildman–Crippen LogP) is 4.22. The lowest BCUT2D eigenvalue weighted by Crippen LogP contribution is -2.36. The van der Waals surface area contributed by atoms with Crippen molar-refractivity contribution in [3.63, 3.8) is 0 Å².